The molecule has 5 rings (SSSR count). The zero-order valence-electron chi connectivity index (χ0n) is 17.5. The van der Waals surface area contributed by atoms with Crippen molar-refractivity contribution in [3.8, 4) is 17.1 Å². The number of rotatable bonds is 5. The van der Waals surface area contributed by atoms with Gasteiger partial charge in [-0.05, 0) is 49.9 Å². The van der Waals surface area contributed by atoms with Crippen molar-refractivity contribution in [3.05, 3.63) is 54.6 Å². The van der Waals surface area contributed by atoms with Crippen molar-refractivity contribution < 1.29 is 4.74 Å². The van der Waals surface area contributed by atoms with Crippen LogP contribution >= 0.6 is 0 Å². The van der Waals surface area contributed by atoms with Crippen molar-refractivity contribution in [2.45, 2.75) is 37.8 Å². The van der Waals surface area contributed by atoms with Gasteiger partial charge in [-0.2, -0.15) is 0 Å². The number of ether oxygens (including phenoxy) is 1. The predicted octanol–water partition coefficient (Wildman–Crippen LogP) is 2.39. The van der Waals surface area contributed by atoms with Crippen molar-refractivity contribution in [2.75, 3.05) is 24.1 Å². The van der Waals surface area contributed by atoms with Crippen molar-refractivity contribution in [2.24, 2.45) is 10.7 Å². The summed E-state index contributed by atoms with van der Waals surface area (Å²) in [6.45, 7) is 0.549. The second kappa shape index (κ2) is 8.25. The van der Waals surface area contributed by atoms with E-state index in [9.17, 15) is 0 Å². The maximum atomic E-state index is 6.24. The van der Waals surface area contributed by atoms with E-state index in [1.807, 2.05) is 24.3 Å². The molecule has 0 bridgehead atoms. The van der Waals surface area contributed by atoms with Gasteiger partial charge in [0.15, 0.2) is 0 Å². The summed E-state index contributed by atoms with van der Waals surface area (Å²) in [6, 6.07) is 10.6. The molecule has 9 heteroatoms. The molecule has 3 aromatic heterocycles. The Morgan fingerprint density at radius 2 is 1.77 bits per heavy atom. The Balaban J connectivity index is 1.37. The van der Waals surface area contributed by atoms with Crippen LogP contribution in [0, 0.1) is 0 Å². The summed E-state index contributed by atoms with van der Waals surface area (Å²) in [7, 11) is 1.63. The molecular formula is C22H26N8O. The van der Waals surface area contributed by atoms with Crippen LogP contribution in [0.4, 0.5) is 5.95 Å². The Morgan fingerprint density at radius 1 is 1.00 bits per heavy atom. The summed E-state index contributed by atoms with van der Waals surface area (Å²) in [5, 5.41) is 5.80. The van der Waals surface area contributed by atoms with Gasteiger partial charge in [-0.1, -0.05) is 0 Å². The molecule has 1 saturated carbocycles. The number of methoxy groups -OCH3 is 1. The molecule has 1 fully saturated rings. The van der Waals surface area contributed by atoms with Crippen molar-refractivity contribution in [1.82, 2.24) is 19.6 Å². The fraction of sp³-hybridized carbons (Fsp3) is 0.364. The van der Waals surface area contributed by atoms with Gasteiger partial charge in [-0.15, -0.1) is 0 Å². The maximum Gasteiger partial charge on any atom is 0.222 e. The van der Waals surface area contributed by atoms with Crippen LogP contribution in [0.15, 0.2) is 53.9 Å². The van der Waals surface area contributed by atoms with Gasteiger partial charge in [0.2, 0.25) is 11.8 Å². The zero-order valence-corrected chi connectivity index (χ0v) is 17.5. The number of amidine groups is 1. The highest BCUT2D eigenvalue weighted by Gasteiger charge is 2.31. The lowest BCUT2D eigenvalue weighted by molar-refractivity contribution is 0.345. The molecule has 0 amide bonds. The number of aliphatic imine (C=N–C) groups is 1. The van der Waals surface area contributed by atoms with E-state index in [4.69, 9.17) is 10.5 Å². The second-order valence-electron chi connectivity index (χ2n) is 7.85. The lowest BCUT2D eigenvalue weighted by Gasteiger charge is -2.41. The van der Waals surface area contributed by atoms with Gasteiger partial charge in [0.25, 0.3) is 0 Å². The molecule has 9 nitrogen and oxygen atoms in total. The molecule has 160 valence electrons. The van der Waals surface area contributed by atoms with Crippen LogP contribution in [0.3, 0.4) is 0 Å². The normalized spacial score (nSPS) is 20.7. The first-order valence-corrected chi connectivity index (χ1v) is 10.6. The van der Waals surface area contributed by atoms with Gasteiger partial charge in [0.05, 0.1) is 12.8 Å². The topological polar surface area (TPSA) is 106 Å². The first-order valence-electron chi connectivity index (χ1n) is 10.6. The minimum Gasteiger partial charge on any atom is -0.481 e. The molecule has 0 radical (unpaired) electrons. The van der Waals surface area contributed by atoms with Gasteiger partial charge in [0.1, 0.15) is 18.2 Å². The number of fused-ring (bicyclic) bond motifs is 1. The van der Waals surface area contributed by atoms with Gasteiger partial charge < -0.3 is 15.8 Å². The first kappa shape index (κ1) is 19.3. The summed E-state index contributed by atoms with van der Waals surface area (Å²) in [5.41, 5.74) is 9.26. The molecule has 1 aliphatic heterocycles. The predicted molar refractivity (Wildman–Crippen MR) is 120 cm³/mol. The standard InChI is InChI=1S/C22H26N8O/c1-31-20-13-15(9-12-24-20)18-7-8-19-21(23)27-14-29(30(18)19)17-5-3-16(4-6-17)28-22-25-10-2-11-26-22/h2,7-13,16-17H,3-6,14H2,1H3,(H2,23,27)(H,25,26,28). The average molecular weight is 419 g/mol. The van der Waals surface area contributed by atoms with Gasteiger partial charge >= 0.3 is 0 Å². The van der Waals surface area contributed by atoms with E-state index in [1.165, 1.54) is 0 Å². The van der Waals surface area contributed by atoms with E-state index in [2.05, 4.69) is 41.0 Å². The summed E-state index contributed by atoms with van der Waals surface area (Å²) < 4.78 is 7.54. The van der Waals surface area contributed by atoms with E-state index in [-0.39, 0.29) is 0 Å². The Morgan fingerprint density at radius 3 is 2.55 bits per heavy atom. The summed E-state index contributed by atoms with van der Waals surface area (Å²) >= 11 is 0. The molecule has 31 heavy (non-hydrogen) atoms. The maximum absolute atomic E-state index is 6.24. The Hall–Kier alpha value is -3.62. The fourth-order valence-corrected chi connectivity index (χ4v) is 4.44. The molecule has 2 aliphatic rings. The van der Waals surface area contributed by atoms with Crippen molar-refractivity contribution >= 4 is 11.8 Å². The van der Waals surface area contributed by atoms with Crippen LogP contribution < -0.4 is 20.8 Å². The van der Waals surface area contributed by atoms with E-state index in [0.717, 1.165) is 42.6 Å². The third kappa shape index (κ3) is 3.78. The Kier molecular flexibility index (Phi) is 5.15. The van der Waals surface area contributed by atoms with Crippen LogP contribution in [0.2, 0.25) is 0 Å². The number of nitrogens with one attached hydrogen (secondary N) is 1. The Labute approximate surface area is 181 Å². The third-order valence-corrected chi connectivity index (χ3v) is 6.02. The zero-order chi connectivity index (χ0) is 21.2. The number of pyridine rings is 1. The summed E-state index contributed by atoms with van der Waals surface area (Å²) in [5.74, 6) is 1.86. The highest BCUT2D eigenvalue weighted by atomic mass is 16.5. The molecule has 0 saturated heterocycles. The molecule has 3 aromatic rings. The van der Waals surface area contributed by atoms with E-state index >= 15 is 0 Å². The number of nitrogens with two attached hydrogens (primary N) is 1. The number of aromatic nitrogens is 4. The molecular weight excluding hydrogens is 392 g/mol. The summed E-state index contributed by atoms with van der Waals surface area (Å²) in [4.78, 5) is 17.4. The van der Waals surface area contributed by atoms with Gasteiger partial charge in [-0.25, -0.2) is 19.9 Å². The van der Waals surface area contributed by atoms with Gasteiger partial charge in [0, 0.05) is 42.3 Å². The lowest BCUT2D eigenvalue weighted by atomic mass is 9.91. The number of hydrogen-bond acceptors (Lipinski definition) is 8. The molecule has 0 aromatic carbocycles. The second-order valence-corrected chi connectivity index (χ2v) is 7.85. The van der Waals surface area contributed by atoms with Crippen molar-refractivity contribution in [3.63, 3.8) is 0 Å². The molecule has 4 heterocycles. The Bertz CT molecular complexity index is 1070. The quantitative estimate of drug-likeness (QED) is 0.655. The molecule has 3 N–H and O–H groups in total. The lowest BCUT2D eigenvalue weighted by Crippen LogP contribution is -2.51. The van der Waals surface area contributed by atoms with E-state index in [0.29, 0.717) is 36.4 Å². The summed E-state index contributed by atoms with van der Waals surface area (Å²) in [6.07, 6.45) is 9.50. The minimum absolute atomic E-state index is 0.375. The third-order valence-electron chi connectivity index (χ3n) is 6.02. The van der Waals surface area contributed by atoms with Gasteiger partial charge in [-0.3, -0.25) is 9.69 Å². The molecule has 0 atom stereocenters. The first-order chi connectivity index (χ1) is 15.2. The van der Waals surface area contributed by atoms with E-state index in [1.54, 1.807) is 25.7 Å². The van der Waals surface area contributed by atoms with Crippen LogP contribution in [-0.2, 0) is 0 Å². The van der Waals surface area contributed by atoms with Crippen LogP contribution in [0.25, 0.3) is 11.3 Å². The number of anilines is 1. The number of nitrogens with zero attached hydrogens (tertiary/aromatic N) is 6. The molecule has 0 spiro atoms. The molecule has 1 aliphatic carbocycles. The highest BCUT2D eigenvalue weighted by molar-refractivity contribution is 5.98. The smallest absolute Gasteiger partial charge is 0.222 e. The van der Waals surface area contributed by atoms with Crippen LogP contribution in [0.5, 0.6) is 5.88 Å². The van der Waals surface area contributed by atoms with Crippen molar-refractivity contribution in [1.29, 1.82) is 0 Å². The van der Waals surface area contributed by atoms with Crippen LogP contribution in [-0.4, -0.2) is 51.3 Å². The highest BCUT2D eigenvalue weighted by Crippen LogP contribution is 2.31. The van der Waals surface area contributed by atoms with Crippen LogP contribution in [0.1, 0.15) is 31.4 Å². The monoisotopic (exact) mass is 418 g/mol. The average Bonchev–Trinajstić information content (AvgIpc) is 3.27. The minimum atomic E-state index is 0.375. The van der Waals surface area contributed by atoms with E-state index < -0.39 is 0 Å². The largest absolute Gasteiger partial charge is 0.481 e. The number of hydrogen-bond donors (Lipinski definition) is 2. The fourth-order valence-electron chi connectivity index (χ4n) is 4.44. The SMILES string of the molecule is COc1cc(-c2ccc3n2N(C2CCC(Nc4ncccn4)CC2)CN=C3N)ccn1. The molecule has 0 unspecified atom stereocenters.